The zero-order valence-electron chi connectivity index (χ0n) is 10.1. The van der Waals surface area contributed by atoms with Crippen molar-refractivity contribution in [2.24, 2.45) is 0 Å². The Balaban J connectivity index is 2.14. The molecule has 0 bridgehead atoms. The molecular formula is C12H13ClFN3S. The molecule has 18 heavy (non-hydrogen) atoms. The van der Waals surface area contributed by atoms with Gasteiger partial charge in [-0.1, -0.05) is 29.4 Å². The number of hydrogen-bond donors (Lipinski definition) is 0. The number of thioether (sulfide) groups is 1. The van der Waals surface area contributed by atoms with Crippen LogP contribution in [0.1, 0.15) is 25.5 Å². The fourth-order valence-corrected chi connectivity index (χ4v) is 2.88. The molecule has 2 aromatic rings. The van der Waals surface area contributed by atoms with Crippen LogP contribution in [0.5, 0.6) is 0 Å². The van der Waals surface area contributed by atoms with Crippen molar-refractivity contribution in [3.8, 4) is 0 Å². The molecule has 0 fully saturated rings. The largest absolute Gasteiger partial charge is 0.306 e. The Morgan fingerprint density at radius 2 is 2.22 bits per heavy atom. The summed E-state index contributed by atoms with van der Waals surface area (Å²) in [6, 6.07) is 4.98. The van der Waals surface area contributed by atoms with Crippen LogP contribution in [0.3, 0.4) is 0 Å². The Kier molecular flexibility index (Phi) is 4.24. The summed E-state index contributed by atoms with van der Waals surface area (Å²) in [7, 11) is 0. The van der Waals surface area contributed by atoms with Gasteiger partial charge < -0.3 is 4.57 Å². The summed E-state index contributed by atoms with van der Waals surface area (Å²) >= 11 is 7.40. The van der Waals surface area contributed by atoms with Crippen molar-refractivity contribution in [3.05, 3.63) is 40.9 Å². The molecule has 2 rings (SSSR count). The minimum absolute atomic E-state index is 0.276. The van der Waals surface area contributed by atoms with Gasteiger partial charge in [0.1, 0.15) is 12.1 Å². The molecule has 0 aliphatic rings. The zero-order valence-corrected chi connectivity index (χ0v) is 11.7. The van der Waals surface area contributed by atoms with Crippen LogP contribution in [0.25, 0.3) is 0 Å². The van der Waals surface area contributed by atoms with Crippen LogP contribution >= 0.6 is 23.4 Å². The van der Waals surface area contributed by atoms with E-state index in [1.54, 1.807) is 18.5 Å². The third-order valence-electron chi connectivity index (χ3n) is 2.50. The summed E-state index contributed by atoms with van der Waals surface area (Å²) in [5, 5.41) is 9.10. The van der Waals surface area contributed by atoms with Gasteiger partial charge in [0.25, 0.3) is 0 Å². The SMILES string of the molecule is CC(C)n1cnnc1SCc1c(F)cccc1Cl. The molecule has 0 radical (unpaired) electrons. The van der Waals surface area contributed by atoms with E-state index in [1.807, 2.05) is 18.4 Å². The maximum Gasteiger partial charge on any atom is 0.191 e. The van der Waals surface area contributed by atoms with E-state index in [0.29, 0.717) is 16.3 Å². The molecule has 1 heterocycles. The first kappa shape index (κ1) is 13.4. The molecule has 0 aliphatic carbocycles. The zero-order chi connectivity index (χ0) is 13.1. The predicted molar refractivity (Wildman–Crippen MR) is 71.4 cm³/mol. The topological polar surface area (TPSA) is 30.7 Å². The first-order valence-corrected chi connectivity index (χ1v) is 6.91. The number of halogens is 2. The maximum atomic E-state index is 13.6. The van der Waals surface area contributed by atoms with Gasteiger partial charge in [-0.3, -0.25) is 0 Å². The van der Waals surface area contributed by atoms with Crippen molar-refractivity contribution in [2.75, 3.05) is 0 Å². The van der Waals surface area contributed by atoms with Crippen LogP contribution in [0, 0.1) is 5.82 Å². The number of hydrogen-bond acceptors (Lipinski definition) is 3. The normalized spacial score (nSPS) is 11.2. The molecule has 0 aliphatic heterocycles. The fourth-order valence-electron chi connectivity index (χ4n) is 1.50. The summed E-state index contributed by atoms with van der Waals surface area (Å²) in [4.78, 5) is 0. The minimum atomic E-state index is -0.286. The van der Waals surface area contributed by atoms with E-state index in [1.165, 1.54) is 17.8 Å². The predicted octanol–water partition coefficient (Wildman–Crippen LogP) is 3.94. The van der Waals surface area contributed by atoms with Crippen LogP contribution in [0.4, 0.5) is 4.39 Å². The van der Waals surface area contributed by atoms with E-state index in [9.17, 15) is 4.39 Å². The van der Waals surface area contributed by atoms with Crippen LogP contribution in [-0.4, -0.2) is 14.8 Å². The lowest BCUT2D eigenvalue weighted by molar-refractivity contribution is 0.549. The average Bonchev–Trinajstić information content (AvgIpc) is 2.76. The van der Waals surface area contributed by atoms with Gasteiger partial charge in [0.2, 0.25) is 0 Å². The Bertz CT molecular complexity index is 522. The van der Waals surface area contributed by atoms with Crippen molar-refractivity contribution < 1.29 is 4.39 Å². The van der Waals surface area contributed by atoms with Crippen molar-refractivity contribution >= 4 is 23.4 Å². The molecule has 0 N–H and O–H groups in total. The number of rotatable bonds is 4. The van der Waals surface area contributed by atoms with Gasteiger partial charge >= 0.3 is 0 Å². The Labute approximate surface area is 114 Å². The van der Waals surface area contributed by atoms with E-state index >= 15 is 0 Å². The van der Waals surface area contributed by atoms with E-state index in [0.717, 1.165) is 5.16 Å². The van der Waals surface area contributed by atoms with Crippen LogP contribution < -0.4 is 0 Å². The lowest BCUT2D eigenvalue weighted by Gasteiger charge is -2.10. The summed E-state index contributed by atoms with van der Waals surface area (Å²) in [5.74, 6) is 0.155. The van der Waals surface area contributed by atoms with Crippen molar-refractivity contribution in [1.29, 1.82) is 0 Å². The second-order valence-electron chi connectivity index (χ2n) is 4.10. The molecule has 3 nitrogen and oxygen atoms in total. The summed E-state index contributed by atoms with van der Waals surface area (Å²) in [5.41, 5.74) is 0.502. The van der Waals surface area contributed by atoms with Gasteiger partial charge in [0, 0.05) is 22.4 Å². The van der Waals surface area contributed by atoms with Crippen molar-refractivity contribution in [2.45, 2.75) is 30.8 Å². The van der Waals surface area contributed by atoms with Crippen molar-refractivity contribution in [1.82, 2.24) is 14.8 Å². The highest BCUT2D eigenvalue weighted by Crippen LogP contribution is 2.28. The van der Waals surface area contributed by atoms with E-state index < -0.39 is 0 Å². The molecule has 0 saturated carbocycles. The van der Waals surface area contributed by atoms with Gasteiger partial charge in [-0.15, -0.1) is 10.2 Å². The molecule has 0 amide bonds. The second kappa shape index (κ2) is 5.71. The maximum absolute atomic E-state index is 13.6. The highest BCUT2D eigenvalue weighted by atomic mass is 35.5. The number of aromatic nitrogens is 3. The molecule has 0 atom stereocenters. The molecule has 1 aromatic carbocycles. The molecule has 96 valence electrons. The second-order valence-corrected chi connectivity index (χ2v) is 5.45. The quantitative estimate of drug-likeness (QED) is 0.797. The molecule has 0 saturated heterocycles. The van der Waals surface area contributed by atoms with Crippen LogP contribution in [-0.2, 0) is 5.75 Å². The Morgan fingerprint density at radius 3 is 2.89 bits per heavy atom. The smallest absolute Gasteiger partial charge is 0.191 e. The highest BCUT2D eigenvalue weighted by molar-refractivity contribution is 7.98. The fraction of sp³-hybridized carbons (Fsp3) is 0.333. The monoisotopic (exact) mass is 285 g/mol. The van der Waals surface area contributed by atoms with E-state index in [4.69, 9.17) is 11.6 Å². The molecular weight excluding hydrogens is 273 g/mol. The lowest BCUT2D eigenvalue weighted by atomic mass is 10.2. The van der Waals surface area contributed by atoms with Gasteiger partial charge in [0.15, 0.2) is 5.16 Å². The third-order valence-corrected chi connectivity index (χ3v) is 3.84. The highest BCUT2D eigenvalue weighted by Gasteiger charge is 2.11. The average molecular weight is 286 g/mol. The van der Waals surface area contributed by atoms with E-state index in [2.05, 4.69) is 10.2 Å². The molecule has 1 aromatic heterocycles. The van der Waals surface area contributed by atoms with Gasteiger partial charge in [0.05, 0.1) is 0 Å². The first-order valence-electron chi connectivity index (χ1n) is 5.54. The van der Waals surface area contributed by atoms with Gasteiger partial charge in [-0.05, 0) is 26.0 Å². The summed E-state index contributed by atoms with van der Waals surface area (Å²) < 4.78 is 15.5. The molecule has 0 unspecified atom stereocenters. The standard InChI is InChI=1S/C12H13ClFN3S/c1-8(2)17-7-15-16-12(17)18-6-9-10(13)4-3-5-11(9)14/h3-5,7-8H,6H2,1-2H3. The van der Waals surface area contributed by atoms with Gasteiger partial charge in [-0.2, -0.15) is 0 Å². The minimum Gasteiger partial charge on any atom is -0.306 e. The van der Waals surface area contributed by atoms with Gasteiger partial charge in [-0.25, -0.2) is 4.39 Å². The van der Waals surface area contributed by atoms with Crippen molar-refractivity contribution in [3.63, 3.8) is 0 Å². The Morgan fingerprint density at radius 1 is 1.44 bits per heavy atom. The van der Waals surface area contributed by atoms with E-state index in [-0.39, 0.29) is 11.9 Å². The lowest BCUT2D eigenvalue weighted by Crippen LogP contribution is -2.01. The molecule has 0 spiro atoms. The number of nitrogens with zero attached hydrogens (tertiary/aromatic N) is 3. The number of benzene rings is 1. The first-order chi connectivity index (χ1) is 8.59. The third kappa shape index (κ3) is 2.84. The van der Waals surface area contributed by atoms with Crippen LogP contribution in [0.15, 0.2) is 29.7 Å². The summed E-state index contributed by atoms with van der Waals surface area (Å²) in [6.45, 7) is 4.09. The van der Waals surface area contributed by atoms with Crippen LogP contribution in [0.2, 0.25) is 5.02 Å². The molecule has 6 heteroatoms. The summed E-state index contributed by atoms with van der Waals surface area (Å²) in [6.07, 6.45) is 1.68. The Hall–Kier alpha value is -1.07.